The monoisotopic (exact) mass is 188 g/mol. The van der Waals surface area contributed by atoms with Crippen LogP contribution >= 0.6 is 0 Å². The Hall–Kier alpha value is -1.10. The molecule has 13 heavy (non-hydrogen) atoms. The van der Waals surface area contributed by atoms with Gasteiger partial charge in [0.2, 0.25) is 5.91 Å². The molecule has 0 saturated heterocycles. The molecule has 0 aliphatic heterocycles. The number of carbonyl (C=O) groups is 2. The zero-order valence-corrected chi connectivity index (χ0v) is 8.13. The van der Waals surface area contributed by atoms with Gasteiger partial charge in [0.25, 0.3) is 0 Å². The second-order valence-corrected chi connectivity index (χ2v) is 3.94. The van der Waals surface area contributed by atoms with E-state index in [1.54, 1.807) is 20.8 Å². The van der Waals surface area contributed by atoms with E-state index in [1.165, 1.54) is 0 Å². The summed E-state index contributed by atoms with van der Waals surface area (Å²) in [6.07, 6.45) is -0.345. The molecule has 0 aromatic rings. The van der Waals surface area contributed by atoms with Crippen molar-refractivity contribution < 1.29 is 14.7 Å². The SMILES string of the molecule is CC(C)(C)NC(=O)[C@@H](N)CC(=O)O. The first-order chi connectivity index (χ1) is 5.72. The predicted molar refractivity (Wildman–Crippen MR) is 48.1 cm³/mol. The molecule has 0 heterocycles. The summed E-state index contributed by atoms with van der Waals surface area (Å²) >= 11 is 0. The number of carboxylic acids is 1. The molecule has 0 spiro atoms. The van der Waals surface area contributed by atoms with Crippen molar-refractivity contribution in [2.45, 2.75) is 38.8 Å². The average molecular weight is 188 g/mol. The van der Waals surface area contributed by atoms with E-state index < -0.39 is 17.9 Å². The number of aliphatic carboxylic acids is 1. The summed E-state index contributed by atoms with van der Waals surface area (Å²) in [7, 11) is 0. The van der Waals surface area contributed by atoms with Gasteiger partial charge in [0, 0.05) is 5.54 Å². The van der Waals surface area contributed by atoms with Crippen molar-refractivity contribution in [3.05, 3.63) is 0 Å². The highest BCUT2D eigenvalue weighted by atomic mass is 16.4. The molecule has 1 amide bonds. The summed E-state index contributed by atoms with van der Waals surface area (Å²) in [5.41, 5.74) is 4.95. The van der Waals surface area contributed by atoms with Gasteiger partial charge in [-0.05, 0) is 20.8 Å². The van der Waals surface area contributed by atoms with Gasteiger partial charge in [-0.2, -0.15) is 0 Å². The van der Waals surface area contributed by atoms with E-state index in [0.717, 1.165) is 0 Å². The predicted octanol–water partition coefficient (Wildman–Crippen LogP) is -0.297. The van der Waals surface area contributed by atoms with Crippen molar-refractivity contribution in [1.29, 1.82) is 0 Å². The van der Waals surface area contributed by atoms with Crippen molar-refractivity contribution in [3.8, 4) is 0 Å². The fraction of sp³-hybridized carbons (Fsp3) is 0.750. The van der Waals surface area contributed by atoms with Crippen LogP contribution in [0.15, 0.2) is 0 Å². The van der Waals surface area contributed by atoms with E-state index in [0.29, 0.717) is 0 Å². The molecule has 0 fully saturated rings. The number of carbonyl (C=O) groups excluding carboxylic acids is 1. The van der Waals surface area contributed by atoms with E-state index in [2.05, 4.69) is 5.32 Å². The van der Waals surface area contributed by atoms with Gasteiger partial charge in [-0.25, -0.2) is 0 Å². The zero-order valence-electron chi connectivity index (χ0n) is 8.13. The Bertz CT molecular complexity index is 208. The van der Waals surface area contributed by atoms with Gasteiger partial charge in [-0.15, -0.1) is 0 Å². The largest absolute Gasteiger partial charge is 0.481 e. The van der Waals surface area contributed by atoms with E-state index in [4.69, 9.17) is 10.8 Å². The van der Waals surface area contributed by atoms with Crippen molar-refractivity contribution in [3.63, 3.8) is 0 Å². The van der Waals surface area contributed by atoms with Crippen LogP contribution in [-0.2, 0) is 9.59 Å². The first-order valence-electron chi connectivity index (χ1n) is 4.02. The number of hydrogen-bond donors (Lipinski definition) is 3. The Morgan fingerprint density at radius 2 is 1.92 bits per heavy atom. The minimum absolute atomic E-state index is 0.345. The maximum absolute atomic E-state index is 11.2. The molecule has 0 aromatic heterocycles. The van der Waals surface area contributed by atoms with E-state index in [1.807, 2.05) is 0 Å². The number of amides is 1. The smallest absolute Gasteiger partial charge is 0.305 e. The highest BCUT2D eigenvalue weighted by molar-refractivity contribution is 5.86. The van der Waals surface area contributed by atoms with Crippen LogP contribution in [0.1, 0.15) is 27.2 Å². The van der Waals surface area contributed by atoms with Crippen LogP contribution in [0.2, 0.25) is 0 Å². The summed E-state index contributed by atoms with van der Waals surface area (Å²) in [5, 5.41) is 11.0. The minimum Gasteiger partial charge on any atom is -0.481 e. The van der Waals surface area contributed by atoms with Crippen molar-refractivity contribution >= 4 is 11.9 Å². The number of hydrogen-bond acceptors (Lipinski definition) is 3. The van der Waals surface area contributed by atoms with Crippen LogP contribution < -0.4 is 11.1 Å². The van der Waals surface area contributed by atoms with Gasteiger partial charge >= 0.3 is 5.97 Å². The molecular formula is C8H16N2O3. The van der Waals surface area contributed by atoms with Crippen LogP contribution in [0.25, 0.3) is 0 Å². The third-order valence-corrected chi connectivity index (χ3v) is 1.23. The zero-order chi connectivity index (χ0) is 10.6. The fourth-order valence-electron chi connectivity index (χ4n) is 0.743. The summed E-state index contributed by atoms with van der Waals surface area (Å²) < 4.78 is 0. The topological polar surface area (TPSA) is 92.4 Å². The van der Waals surface area contributed by atoms with Gasteiger partial charge in [0.1, 0.15) is 0 Å². The third-order valence-electron chi connectivity index (χ3n) is 1.23. The third kappa shape index (κ3) is 6.10. The molecule has 1 atom stereocenters. The van der Waals surface area contributed by atoms with Gasteiger partial charge in [-0.1, -0.05) is 0 Å². The van der Waals surface area contributed by atoms with E-state index in [9.17, 15) is 9.59 Å². The standard InChI is InChI=1S/C8H16N2O3/c1-8(2,3)10-7(13)5(9)4-6(11)12/h5H,4,9H2,1-3H3,(H,10,13)(H,11,12)/t5-/m0/s1. The Morgan fingerprint density at radius 3 is 2.23 bits per heavy atom. The quantitative estimate of drug-likeness (QED) is 0.567. The summed E-state index contributed by atoms with van der Waals surface area (Å²) in [6, 6.07) is -0.975. The van der Waals surface area contributed by atoms with Crippen LogP contribution in [0.4, 0.5) is 0 Å². The van der Waals surface area contributed by atoms with Crippen LogP contribution in [0.5, 0.6) is 0 Å². The number of nitrogens with two attached hydrogens (primary N) is 1. The molecule has 5 nitrogen and oxygen atoms in total. The van der Waals surface area contributed by atoms with Gasteiger partial charge in [-0.3, -0.25) is 9.59 Å². The van der Waals surface area contributed by atoms with E-state index in [-0.39, 0.29) is 12.0 Å². The van der Waals surface area contributed by atoms with Crippen LogP contribution in [-0.4, -0.2) is 28.6 Å². The molecule has 0 radical (unpaired) electrons. The Balaban J connectivity index is 4.05. The Morgan fingerprint density at radius 1 is 1.46 bits per heavy atom. The Labute approximate surface area is 77.3 Å². The van der Waals surface area contributed by atoms with Crippen LogP contribution in [0, 0.1) is 0 Å². The lowest BCUT2D eigenvalue weighted by Gasteiger charge is -2.22. The molecule has 0 aromatic carbocycles. The molecule has 0 aliphatic carbocycles. The molecular weight excluding hydrogens is 172 g/mol. The normalized spacial score (nSPS) is 13.5. The minimum atomic E-state index is -1.07. The fourth-order valence-corrected chi connectivity index (χ4v) is 0.743. The number of nitrogens with one attached hydrogen (secondary N) is 1. The Kier molecular flexibility index (Phi) is 3.87. The lowest BCUT2D eigenvalue weighted by molar-refractivity contribution is -0.139. The first-order valence-corrected chi connectivity index (χ1v) is 4.02. The van der Waals surface area contributed by atoms with Gasteiger partial charge < -0.3 is 16.2 Å². The van der Waals surface area contributed by atoms with Gasteiger partial charge in [0.05, 0.1) is 12.5 Å². The highest BCUT2D eigenvalue weighted by Gasteiger charge is 2.21. The van der Waals surface area contributed by atoms with Gasteiger partial charge in [0.15, 0.2) is 0 Å². The molecule has 0 aliphatic rings. The molecule has 76 valence electrons. The van der Waals surface area contributed by atoms with E-state index >= 15 is 0 Å². The average Bonchev–Trinajstić information content (AvgIpc) is 1.81. The molecule has 4 N–H and O–H groups in total. The summed E-state index contributed by atoms with van der Waals surface area (Å²) in [6.45, 7) is 5.41. The maximum Gasteiger partial charge on any atom is 0.305 e. The summed E-state index contributed by atoms with van der Waals surface area (Å²) in [4.78, 5) is 21.4. The summed E-state index contributed by atoms with van der Waals surface area (Å²) in [5.74, 6) is -1.51. The van der Waals surface area contributed by atoms with Crippen molar-refractivity contribution in [2.24, 2.45) is 5.73 Å². The second kappa shape index (κ2) is 4.23. The molecule has 0 bridgehead atoms. The second-order valence-electron chi connectivity index (χ2n) is 3.94. The highest BCUT2D eigenvalue weighted by Crippen LogP contribution is 1.99. The number of carboxylic acid groups (broad SMARTS) is 1. The van der Waals surface area contributed by atoms with Crippen LogP contribution in [0.3, 0.4) is 0 Å². The lowest BCUT2D eigenvalue weighted by Crippen LogP contribution is -2.49. The van der Waals surface area contributed by atoms with Crippen molar-refractivity contribution in [1.82, 2.24) is 5.32 Å². The van der Waals surface area contributed by atoms with Crippen molar-refractivity contribution in [2.75, 3.05) is 0 Å². The first kappa shape index (κ1) is 11.9. The lowest BCUT2D eigenvalue weighted by atomic mass is 10.1. The number of rotatable bonds is 3. The molecule has 0 saturated carbocycles. The maximum atomic E-state index is 11.2. The molecule has 0 unspecified atom stereocenters. The molecule has 0 rings (SSSR count). The molecule has 5 heteroatoms.